The van der Waals surface area contributed by atoms with Gasteiger partial charge in [0.2, 0.25) is 0 Å². The van der Waals surface area contributed by atoms with Crippen LogP contribution in [0.25, 0.3) is 0 Å². The molecule has 0 unspecified atom stereocenters. The number of ether oxygens (including phenoxy) is 1. The molecular weight excluding hydrogens is 248 g/mol. The molecule has 1 atom stereocenters. The number of amides is 2. The number of rotatable bonds is 3. The van der Waals surface area contributed by atoms with Gasteiger partial charge in [0.25, 0.3) is 11.8 Å². The van der Waals surface area contributed by atoms with Crippen LogP contribution in [0.15, 0.2) is 24.3 Å². The highest BCUT2D eigenvalue weighted by Crippen LogP contribution is 2.22. The lowest BCUT2D eigenvalue weighted by molar-refractivity contribution is -0.146. The minimum Gasteiger partial charge on any atom is -0.446 e. The number of carbonyl (C=O) groups excluding carboxylic acids is 3. The van der Waals surface area contributed by atoms with Crippen molar-refractivity contribution in [2.24, 2.45) is 0 Å². The Kier molecular flexibility index (Phi) is 3.29. The van der Waals surface area contributed by atoms with Gasteiger partial charge in [-0.1, -0.05) is 12.1 Å². The van der Waals surface area contributed by atoms with Crippen molar-refractivity contribution in [1.82, 2.24) is 4.90 Å². The zero-order chi connectivity index (χ0) is 14.0. The first-order valence-electron chi connectivity index (χ1n) is 5.59. The fraction of sp³-hybridized carbons (Fsp3) is 0.231. The second-order valence-corrected chi connectivity index (χ2v) is 4.00. The third-order valence-corrected chi connectivity index (χ3v) is 2.66. The lowest BCUT2D eigenvalue weighted by Crippen LogP contribution is -2.36. The Labute approximate surface area is 109 Å². The molecule has 96 valence electrons. The first-order valence-corrected chi connectivity index (χ1v) is 5.59. The lowest BCUT2D eigenvalue weighted by Gasteiger charge is -2.13. The predicted molar refractivity (Wildman–Crippen MR) is 63.0 cm³/mol. The van der Waals surface area contributed by atoms with E-state index in [4.69, 9.17) is 10.00 Å². The number of hydrogen-bond acceptors (Lipinski definition) is 5. The van der Waals surface area contributed by atoms with Crippen LogP contribution in [0.5, 0.6) is 0 Å². The summed E-state index contributed by atoms with van der Waals surface area (Å²) in [6, 6.07) is 8.07. The van der Waals surface area contributed by atoms with Gasteiger partial charge in [-0.2, -0.15) is 5.26 Å². The van der Waals surface area contributed by atoms with Crippen molar-refractivity contribution < 1.29 is 19.1 Å². The number of carbonyl (C=O) groups is 3. The minimum absolute atomic E-state index is 0.272. The molecule has 1 heterocycles. The third kappa shape index (κ3) is 2.31. The molecule has 0 bridgehead atoms. The second-order valence-electron chi connectivity index (χ2n) is 4.00. The average molecular weight is 258 g/mol. The predicted octanol–water partition coefficient (Wildman–Crippen LogP) is 0.738. The van der Waals surface area contributed by atoms with E-state index in [9.17, 15) is 14.4 Å². The molecule has 19 heavy (non-hydrogen) atoms. The Morgan fingerprint density at radius 2 is 1.84 bits per heavy atom. The first-order chi connectivity index (χ1) is 9.04. The van der Waals surface area contributed by atoms with Gasteiger partial charge in [0.15, 0.2) is 6.10 Å². The number of fused-ring (bicyclic) bond motifs is 1. The molecule has 0 N–H and O–H groups in total. The van der Waals surface area contributed by atoms with Crippen molar-refractivity contribution in [2.45, 2.75) is 13.0 Å². The van der Waals surface area contributed by atoms with E-state index in [1.165, 1.54) is 19.1 Å². The minimum atomic E-state index is -0.914. The smallest absolute Gasteiger partial charge is 0.327 e. The molecule has 0 spiro atoms. The van der Waals surface area contributed by atoms with Crippen molar-refractivity contribution >= 4 is 17.8 Å². The van der Waals surface area contributed by atoms with Gasteiger partial charge in [0, 0.05) is 0 Å². The average Bonchev–Trinajstić information content (AvgIpc) is 2.64. The van der Waals surface area contributed by atoms with Crippen molar-refractivity contribution in [3.05, 3.63) is 35.4 Å². The van der Waals surface area contributed by atoms with Crippen molar-refractivity contribution in [3.8, 4) is 6.07 Å². The number of nitrogens with zero attached hydrogens (tertiary/aromatic N) is 2. The highest BCUT2D eigenvalue weighted by molar-refractivity contribution is 6.22. The van der Waals surface area contributed by atoms with E-state index in [1.54, 1.807) is 18.2 Å². The van der Waals surface area contributed by atoms with Crippen LogP contribution in [0.1, 0.15) is 27.6 Å². The summed E-state index contributed by atoms with van der Waals surface area (Å²) >= 11 is 0. The standard InChI is InChI=1S/C13H10N2O4/c1-8(6-14)19-11(16)7-15-12(17)9-4-2-3-5-10(9)13(15)18/h2-5,8H,7H2,1H3/t8-/m1/s1. The highest BCUT2D eigenvalue weighted by atomic mass is 16.5. The molecule has 0 aromatic heterocycles. The Hall–Kier alpha value is -2.68. The van der Waals surface area contributed by atoms with E-state index in [2.05, 4.69) is 0 Å². The second kappa shape index (κ2) is 4.90. The normalized spacial score (nSPS) is 14.8. The number of hydrogen-bond donors (Lipinski definition) is 0. The largest absolute Gasteiger partial charge is 0.446 e. The summed E-state index contributed by atoms with van der Waals surface area (Å²) in [5, 5.41) is 8.52. The van der Waals surface area contributed by atoms with Crippen LogP contribution >= 0.6 is 0 Å². The summed E-state index contributed by atoms with van der Waals surface area (Å²) in [5.74, 6) is -1.84. The molecule has 0 saturated carbocycles. The molecule has 0 radical (unpaired) electrons. The maximum absolute atomic E-state index is 11.9. The Morgan fingerprint density at radius 3 is 2.32 bits per heavy atom. The molecule has 1 aromatic carbocycles. The maximum Gasteiger partial charge on any atom is 0.327 e. The highest BCUT2D eigenvalue weighted by Gasteiger charge is 2.36. The first kappa shape index (κ1) is 12.8. The van der Waals surface area contributed by atoms with E-state index < -0.39 is 30.4 Å². The number of esters is 1. The van der Waals surface area contributed by atoms with Gasteiger partial charge in [-0.05, 0) is 19.1 Å². The summed E-state index contributed by atoms with van der Waals surface area (Å²) in [6.45, 7) is 0.915. The monoisotopic (exact) mass is 258 g/mol. The molecule has 0 fully saturated rings. The van der Waals surface area contributed by atoms with Crippen LogP contribution in [0.3, 0.4) is 0 Å². The van der Waals surface area contributed by atoms with Crippen molar-refractivity contribution in [2.75, 3.05) is 6.54 Å². The molecule has 6 nitrogen and oxygen atoms in total. The van der Waals surface area contributed by atoms with Gasteiger partial charge in [0.1, 0.15) is 12.6 Å². The topological polar surface area (TPSA) is 87.5 Å². The molecule has 0 aliphatic carbocycles. The number of imide groups is 1. The summed E-state index contributed by atoms with van der Waals surface area (Å²) in [5.41, 5.74) is 0.544. The van der Waals surface area contributed by atoms with Crippen LogP contribution < -0.4 is 0 Å². The third-order valence-electron chi connectivity index (χ3n) is 2.66. The van der Waals surface area contributed by atoms with Crippen molar-refractivity contribution in [3.63, 3.8) is 0 Å². The zero-order valence-corrected chi connectivity index (χ0v) is 10.1. The number of nitriles is 1. The van der Waals surface area contributed by atoms with Crippen LogP contribution in [0, 0.1) is 11.3 Å². The molecule has 0 saturated heterocycles. The molecule has 6 heteroatoms. The fourth-order valence-electron chi connectivity index (χ4n) is 1.77. The van der Waals surface area contributed by atoms with E-state index >= 15 is 0 Å². The molecular formula is C13H10N2O4. The summed E-state index contributed by atoms with van der Waals surface area (Å²) in [7, 11) is 0. The Bertz CT molecular complexity index is 568. The van der Waals surface area contributed by atoms with Crippen LogP contribution in [-0.2, 0) is 9.53 Å². The van der Waals surface area contributed by atoms with E-state index in [0.717, 1.165) is 4.90 Å². The van der Waals surface area contributed by atoms with Gasteiger partial charge in [-0.25, -0.2) is 0 Å². The quantitative estimate of drug-likeness (QED) is 0.589. The lowest BCUT2D eigenvalue weighted by atomic mass is 10.1. The summed E-state index contributed by atoms with van der Waals surface area (Å²) in [4.78, 5) is 36.2. The van der Waals surface area contributed by atoms with Crippen molar-refractivity contribution in [1.29, 1.82) is 5.26 Å². The van der Waals surface area contributed by atoms with Gasteiger partial charge >= 0.3 is 5.97 Å². The summed E-state index contributed by atoms with van der Waals surface area (Å²) < 4.78 is 4.71. The van der Waals surface area contributed by atoms with Gasteiger partial charge < -0.3 is 4.74 Å². The van der Waals surface area contributed by atoms with Gasteiger partial charge in [-0.15, -0.1) is 0 Å². The Balaban J connectivity index is 2.13. The van der Waals surface area contributed by atoms with Crippen LogP contribution in [-0.4, -0.2) is 35.3 Å². The fourth-order valence-corrected chi connectivity index (χ4v) is 1.77. The molecule has 2 rings (SSSR count). The molecule has 1 aliphatic rings. The maximum atomic E-state index is 11.9. The van der Waals surface area contributed by atoms with E-state index in [-0.39, 0.29) is 11.1 Å². The van der Waals surface area contributed by atoms with Gasteiger partial charge in [0.05, 0.1) is 11.1 Å². The van der Waals surface area contributed by atoms with E-state index in [1.807, 2.05) is 0 Å². The SMILES string of the molecule is C[C@H](C#N)OC(=O)CN1C(=O)c2ccccc2C1=O. The molecule has 1 aliphatic heterocycles. The van der Waals surface area contributed by atoms with Gasteiger partial charge in [-0.3, -0.25) is 19.3 Å². The molecule has 1 aromatic rings. The number of benzene rings is 1. The Morgan fingerprint density at radius 1 is 1.32 bits per heavy atom. The van der Waals surface area contributed by atoms with E-state index in [0.29, 0.717) is 0 Å². The van der Waals surface area contributed by atoms with Crippen LogP contribution in [0.2, 0.25) is 0 Å². The van der Waals surface area contributed by atoms with Crippen LogP contribution in [0.4, 0.5) is 0 Å². The molecule has 2 amide bonds. The zero-order valence-electron chi connectivity index (χ0n) is 10.1. The summed E-state index contributed by atoms with van der Waals surface area (Å²) in [6.07, 6.45) is -0.914.